The Hall–Kier alpha value is -1.95. The molecule has 0 bridgehead atoms. The van der Waals surface area contributed by atoms with Crippen LogP contribution >= 0.6 is 11.8 Å². The minimum Gasteiger partial charge on any atom is -0.334 e. The number of aryl methyl sites for hydroxylation is 1. The number of amides is 2. The number of aromatic nitrogens is 2. The average Bonchev–Trinajstić information content (AvgIpc) is 2.88. The molecule has 2 heterocycles. The molecule has 0 saturated carbocycles. The topological polar surface area (TPSA) is 50.2 Å². The van der Waals surface area contributed by atoms with E-state index in [-0.39, 0.29) is 6.03 Å². The molecule has 5 nitrogen and oxygen atoms in total. The van der Waals surface area contributed by atoms with Gasteiger partial charge in [-0.25, -0.2) is 4.79 Å². The molecule has 1 aliphatic heterocycles. The Bertz CT molecular complexity index is 693. The summed E-state index contributed by atoms with van der Waals surface area (Å²) in [6.45, 7) is 7.04. The van der Waals surface area contributed by atoms with Crippen LogP contribution in [0.15, 0.2) is 30.3 Å². The maximum absolute atomic E-state index is 12.3. The zero-order valence-electron chi connectivity index (χ0n) is 14.3. The highest BCUT2D eigenvalue weighted by Gasteiger charge is 2.18. The molecule has 0 atom stereocenters. The molecule has 1 aromatic carbocycles. The smallest absolute Gasteiger partial charge is 0.317 e. The van der Waals surface area contributed by atoms with Crippen molar-refractivity contribution in [3.63, 3.8) is 0 Å². The molecule has 2 amide bonds. The normalized spacial score (nSPS) is 14.7. The van der Waals surface area contributed by atoms with Crippen molar-refractivity contribution >= 4 is 17.8 Å². The Balaban J connectivity index is 1.64. The molecular formula is C18H24N4OS. The number of nitrogens with one attached hydrogen (secondary N) is 1. The van der Waals surface area contributed by atoms with Gasteiger partial charge < -0.3 is 10.2 Å². The second-order valence-corrected chi connectivity index (χ2v) is 7.28. The lowest BCUT2D eigenvalue weighted by Crippen LogP contribution is -2.44. The lowest BCUT2D eigenvalue weighted by Gasteiger charge is -2.26. The van der Waals surface area contributed by atoms with Gasteiger partial charge in [0.05, 0.1) is 12.2 Å². The van der Waals surface area contributed by atoms with Crippen molar-refractivity contribution in [3.8, 4) is 0 Å². The van der Waals surface area contributed by atoms with Crippen LogP contribution in [0.1, 0.15) is 22.5 Å². The summed E-state index contributed by atoms with van der Waals surface area (Å²) in [5.74, 6) is 2.06. The maximum atomic E-state index is 12.3. The van der Waals surface area contributed by atoms with Gasteiger partial charge in [-0.1, -0.05) is 30.3 Å². The third-order valence-electron chi connectivity index (χ3n) is 4.42. The van der Waals surface area contributed by atoms with Crippen LogP contribution in [0.25, 0.3) is 0 Å². The van der Waals surface area contributed by atoms with E-state index in [0.29, 0.717) is 6.54 Å². The van der Waals surface area contributed by atoms with Crippen LogP contribution in [-0.4, -0.2) is 45.3 Å². The molecule has 0 spiro atoms. The average molecular weight is 344 g/mol. The molecule has 3 rings (SSSR count). The fourth-order valence-corrected chi connectivity index (χ4v) is 3.85. The SMILES string of the molecule is Cc1nn(Cc2ccccc2)c(C)c1CNC(=O)N1CCSCC1. The van der Waals surface area contributed by atoms with E-state index in [0.717, 1.165) is 48.1 Å². The molecule has 24 heavy (non-hydrogen) atoms. The van der Waals surface area contributed by atoms with Crippen LogP contribution in [0.5, 0.6) is 0 Å². The van der Waals surface area contributed by atoms with Gasteiger partial charge >= 0.3 is 6.03 Å². The van der Waals surface area contributed by atoms with E-state index < -0.39 is 0 Å². The van der Waals surface area contributed by atoms with Gasteiger partial charge in [0.2, 0.25) is 0 Å². The summed E-state index contributed by atoms with van der Waals surface area (Å²) in [6, 6.07) is 10.3. The predicted molar refractivity (Wildman–Crippen MR) is 98.4 cm³/mol. The first-order chi connectivity index (χ1) is 11.6. The van der Waals surface area contributed by atoms with Gasteiger partial charge in [0, 0.05) is 42.4 Å². The molecule has 1 aromatic heterocycles. The minimum absolute atomic E-state index is 0.0323. The fraction of sp³-hybridized carbons (Fsp3) is 0.444. The van der Waals surface area contributed by atoms with Crippen molar-refractivity contribution < 1.29 is 4.79 Å². The number of carbonyl (C=O) groups excluding carboxylic acids is 1. The van der Waals surface area contributed by atoms with E-state index in [4.69, 9.17) is 0 Å². The Morgan fingerprint density at radius 2 is 1.92 bits per heavy atom. The van der Waals surface area contributed by atoms with Gasteiger partial charge in [-0.2, -0.15) is 16.9 Å². The van der Waals surface area contributed by atoms with E-state index in [1.807, 2.05) is 46.5 Å². The molecular weight excluding hydrogens is 320 g/mol. The highest BCUT2D eigenvalue weighted by Crippen LogP contribution is 2.15. The predicted octanol–water partition coefficient (Wildman–Crippen LogP) is 2.81. The number of thioether (sulfide) groups is 1. The monoisotopic (exact) mass is 344 g/mol. The van der Waals surface area contributed by atoms with Crippen LogP contribution in [0.4, 0.5) is 4.79 Å². The Morgan fingerprint density at radius 1 is 1.21 bits per heavy atom. The molecule has 0 radical (unpaired) electrons. The van der Waals surface area contributed by atoms with Gasteiger partial charge in [-0.15, -0.1) is 0 Å². The lowest BCUT2D eigenvalue weighted by molar-refractivity contribution is 0.202. The number of rotatable bonds is 4. The second kappa shape index (κ2) is 7.75. The van der Waals surface area contributed by atoms with Gasteiger partial charge in [-0.3, -0.25) is 4.68 Å². The van der Waals surface area contributed by atoms with Crippen LogP contribution in [-0.2, 0) is 13.1 Å². The first-order valence-corrected chi connectivity index (χ1v) is 9.48. The number of nitrogens with zero attached hydrogens (tertiary/aromatic N) is 3. The Labute approximate surface area is 147 Å². The number of urea groups is 1. The highest BCUT2D eigenvalue weighted by atomic mass is 32.2. The second-order valence-electron chi connectivity index (χ2n) is 6.05. The summed E-state index contributed by atoms with van der Waals surface area (Å²) >= 11 is 1.90. The summed E-state index contributed by atoms with van der Waals surface area (Å²) in [5.41, 5.74) is 4.44. The zero-order chi connectivity index (χ0) is 16.9. The number of carbonyl (C=O) groups is 1. The molecule has 6 heteroatoms. The first kappa shape index (κ1) is 16.9. The third-order valence-corrected chi connectivity index (χ3v) is 5.36. The first-order valence-electron chi connectivity index (χ1n) is 8.32. The molecule has 1 saturated heterocycles. The third kappa shape index (κ3) is 3.93. The minimum atomic E-state index is 0.0323. The summed E-state index contributed by atoms with van der Waals surface area (Å²) < 4.78 is 2.02. The van der Waals surface area contributed by atoms with E-state index in [9.17, 15) is 4.79 Å². The van der Waals surface area contributed by atoms with Crippen molar-refractivity contribution in [1.29, 1.82) is 0 Å². The van der Waals surface area contributed by atoms with Gasteiger partial charge in [-0.05, 0) is 19.4 Å². The van der Waals surface area contributed by atoms with Crippen LogP contribution in [0, 0.1) is 13.8 Å². The molecule has 2 aromatic rings. The molecule has 1 aliphatic rings. The quantitative estimate of drug-likeness (QED) is 0.928. The van der Waals surface area contributed by atoms with Crippen molar-refractivity contribution in [2.45, 2.75) is 26.9 Å². The van der Waals surface area contributed by atoms with E-state index in [1.165, 1.54) is 5.56 Å². The number of hydrogen-bond donors (Lipinski definition) is 1. The van der Waals surface area contributed by atoms with Crippen molar-refractivity contribution in [2.24, 2.45) is 0 Å². The van der Waals surface area contributed by atoms with Crippen LogP contribution in [0.3, 0.4) is 0 Å². The van der Waals surface area contributed by atoms with Gasteiger partial charge in [0.25, 0.3) is 0 Å². The summed E-state index contributed by atoms with van der Waals surface area (Å²) in [7, 11) is 0. The number of hydrogen-bond acceptors (Lipinski definition) is 3. The van der Waals surface area contributed by atoms with Crippen LogP contribution < -0.4 is 5.32 Å². The number of benzene rings is 1. The van der Waals surface area contributed by atoms with Gasteiger partial charge in [0.15, 0.2) is 0 Å². The molecule has 0 unspecified atom stereocenters. The lowest BCUT2D eigenvalue weighted by atomic mass is 10.2. The molecule has 1 fully saturated rings. The summed E-state index contributed by atoms with van der Waals surface area (Å²) in [4.78, 5) is 14.2. The van der Waals surface area contributed by atoms with Crippen molar-refractivity contribution in [2.75, 3.05) is 24.6 Å². The fourth-order valence-electron chi connectivity index (χ4n) is 2.94. The van der Waals surface area contributed by atoms with Gasteiger partial charge in [0.1, 0.15) is 0 Å². The molecule has 128 valence electrons. The van der Waals surface area contributed by atoms with E-state index in [2.05, 4.69) is 29.5 Å². The molecule has 1 N–H and O–H groups in total. The summed E-state index contributed by atoms with van der Waals surface area (Å²) in [5, 5.41) is 7.70. The standard InChI is InChI=1S/C18H24N4OS/c1-14-17(12-19-18(23)21-8-10-24-11-9-21)15(2)22(20-14)13-16-6-4-3-5-7-16/h3-7H,8-13H2,1-2H3,(H,19,23). The largest absolute Gasteiger partial charge is 0.334 e. The van der Waals surface area contributed by atoms with E-state index in [1.54, 1.807) is 0 Å². The van der Waals surface area contributed by atoms with E-state index >= 15 is 0 Å². The molecule has 0 aliphatic carbocycles. The Morgan fingerprint density at radius 3 is 2.62 bits per heavy atom. The van der Waals surface area contributed by atoms with Crippen LogP contribution in [0.2, 0.25) is 0 Å². The zero-order valence-corrected chi connectivity index (χ0v) is 15.1. The van der Waals surface area contributed by atoms with Crippen molar-refractivity contribution in [3.05, 3.63) is 52.8 Å². The highest BCUT2D eigenvalue weighted by molar-refractivity contribution is 7.99. The Kier molecular flexibility index (Phi) is 5.45. The maximum Gasteiger partial charge on any atom is 0.317 e. The van der Waals surface area contributed by atoms with Crippen molar-refractivity contribution in [1.82, 2.24) is 20.0 Å². The summed E-state index contributed by atoms with van der Waals surface area (Å²) in [6.07, 6.45) is 0.